The van der Waals surface area contributed by atoms with Crippen LogP contribution in [0.4, 0.5) is 13.2 Å². The smallest absolute Gasteiger partial charge is 0.416 e. The average Bonchev–Trinajstić information content (AvgIpc) is 2.74. The van der Waals surface area contributed by atoms with Crippen molar-refractivity contribution in [2.45, 2.75) is 12.7 Å². The molecule has 1 aromatic carbocycles. The highest BCUT2D eigenvalue weighted by Crippen LogP contribution is 2.30. The van der Waals surface area contributed by atoms with Crippen LogP contribution in [0.25, 0.3) is 0 Å². The summed E-state index contributed by atoms with van der Waals surface area (Å²) in [5.74, 6) is -1.40. The fourth-order valence-electron chi connectivity index (χ4n) is 2.02. The first kappa shape index (κ1) is 16.6. The zero-order chi connectivity index (χ0) is 17.4. The van der Waals surface area contributed by atoms with Gasteiger partial charge in [-0.3, -0.25) is 0 Å². The van der Waals surface area contributed by atoms with Crippen molar-refractivity contribution in [2.24, 2.45) is 7.05 Å². The average molecular weight is 331 g/mol. The summed E-state index contributed by atoms with van der Waals surface area (Å²) in [7, 11) is 2.65. The van der Waals surface area contributed by atoms with Crippen LogP contribution in [0.15, 0.2) is 23.0 Å². The van der Waals surface area contributed by atoms with Crippen molar-refractivity contribution in [3.8, 4) is 6.01 Å². The van der Waals surface area contributed by atoms with Gasteiger partial charge in [-0.15, -0.1) is 5.10 Å². The molecule has 0 aliphatic heterocycles. The second-order valence-electron chi connectivity index (χ2n) is 4.66. The van der Waals surface area contributed by atoms with Gasteiger partial charge in [0.25, 0.3) is 0 Å². The molecule has 0 spiro atoms. The number of aromatic nitrogens is 3. The standard InChI is InChI=1S/C13H12F3N3O4/c1-18-11(23-2)17-19(12(18)22)6-7-5-8(13(14,15)16)3-4-9(7)10(20)21/h3-5H,6H2,1-2H3,(H,20,21). The van der Waals surface area contributed by atoms with Gasteiger partial charge >= 0.3 is 23.8 Å². The molecule has 124 valence electrons. The fourth-order valence-corrected chi connectivity index (χ4v) is 2.02. The summed E-state index contributed by atoms with van der Waals surface area (Å²) in [5.41, 5.74) is -2.17. The van der Waals surface area contributed by atoms with Gasteiger partial charge in [0.15, 0.2) is 0 Å². The minimum absolute atomic E-state index is 0.0427. The van der Waals surface area contributed by atoms with E-state index in [4.69, 9.17) is 9.84 Å². The molecular weight excluding hydrogens is 319 g/mol. The van der Waals surface area contributed by atoms with Gasteiger partial charge in [0, 0.05) is 7.05 Å². The molecule has 1 aromatic heterocycles. The Morgan fingerprint density at radius 3 is 2.52 bits per heavy atom. The van der Waals surface area contributed by atoms with Gasteiger partial charge in [-0.05, 0) is 23.8 Å². The third kappa shape index (κ3) is 3.20. The summed E-state index contributed by atoms with van der Waals surface area (Å²) in [6.07, 6.45) is -4.63. The van der Waals surface area contributed by atoms with Crippen LogP contribution in [0, 0.1) is 0 Å². The van der Waals surface area contributed by atoms with Crippen LogP contribution in [0.5, 0.6) is 6.01 Å². The van der Waals surface area contributed by atoms with E-state index in [1.807, 2.05) is 0 Å². The Morgan fingerprint density at radius 2 is 2.04 bits per heavy atom. The lowest BCUT2D eigenvalue weighted by Crippen LogP contribution is -2.24. The number of rotatable bonds is 4. The third-order valence-corrected chi connectivity index (χ3v) is 3.17. The van der Waals surface area contributed by atoms with Gasteiger partial charge in [-0.25, -0.2) is 18.8 Å². The maximum atomic E-state index is 12.8. The molecule has 0 aliphatic carbocycles. The lowest BCUT2D eigenvalue weighted by atomic mass is 10.0. The number of halogens is 3. The summed E-state index contributed by atoms with van der Waals surface area (Å²) in [6, 6.07) is 2.18. The number of hydrogen-bond acceptors (Lipinski definition) is 4. The van der Waals surface area contributed by atoms with Crippen LogP contribution in [0.2, 0.25) is 0 Å². The first-order valence-electron chi connectivity index (χ1n) is 6.26. The summed E-state index contributed by atoms with van der Waals surface area (Å²) in [4.78, 5) is 23.1. The van der Waals surface area contributed by atoms with Crippen molar-refractivity contribution in [1.82, 2.24) is 14.3 Å². The van der Waals surface area contributed by atoms with Crippen LogP contribution in [-0.2, 0) is 19.8 Å². The second-order valence-corrected chi connectivity index (χ2v) is 4.66. The van der Waals surface area contributed by atoms with Gasteiger partial charge in [0.2, 0.25) is 0 Å². The van der Waals surface area contributed by atoms with E-state index in [9.17, 15) is 22.8 Å². The molecule has 7 nitrogen and oxygen atoms in total. The Balaban J connectivity index is 2.53. The van der Waals surface area contributed by atoms with Crippen molar-refractivity contribution in [1.29, 1.82) is 0 Å². The van der Waals surface area contributed by atoms with E-state index < -0.39 is 29.9 Å². The van der Waals surface area contributed by atoms with Crippen LogP contribution < -0.4 is 10.4 Å². The number of hydrogen-bond donors (Lipinski definition) is 1. The number of alkyl halides is 3. The number of nitrogens with zero attached hydrogens (tertiary/aromatic N) is 3. The van der Waals surface area contributed by atoms with Gasteiger partial charge in [0.1, 0.15) is 0 Å². The highest BCUT2D eigenvalue weighted by Gasteiger charge is 2.31. The summed E-state index contributed by atoms with van der Waals surface area (Å²) in [5, 5.41) is 12.9. The molecule has 0 aliphatic rings. The second kappa shape index (κ2) is 5.78. The molecule has 0 radical (unpaired) electrons. The molecule has 0 saturated carbocycles. The van der Waals surface area contributed by atoms with Crippen LogP contribution in [-0.4, -0.2) is 32.5 Å². The van der Waals surface area contributed by atoms with E-state index in [1.54, 1.807) is 0 Å². The predicted molar refractivity (Wildman–Crippen MR) is 71.5 cm³/mol. The molecular formula is C13H12F3N3O4. The molecule has 0 bridgehead atoms. The Kier molecular flexibility index (Phi) is 4.17. The molecule has 10 heteroatoms. The number of methoxy groups -OCH3 is 1. The van der Waals surface area contributed by atoms with E-state index in [2.05, 4.69) is 5.10 Å². The van der Waals surface area contributed by atoms with Gasteiger partial charge in [-0.2, -0.15) is 13.2 Å². The normalized spacial score (nSPS) is 11.5. The van der Waals surface area contributed by atoms with Crippen LogP contribution in [0.3, 0.4) is 0 Å². The minimum atomic E-state index is -4.63. The lowest BCUT2D eigenvalue weighted by molar-refractivity contribution is -0.137. The van der Waals surface area contributed by atoms with E-state index in [0.29, 0.717) is 12.1 Å². The number of benzene rings is 1. The number of carboxylic acid groups (broad SMARTS) is 1. The predicted octanol–water partition coefficient (Wildman–Crippen LogP) is 1.36. The van der Waals surface area contributed by atoms with Crippen molar-refractivity contribution >= 4 is 5.97 Å². The fraction of sp³-hybridized carbons (Fsp3) is 0.308. The molecule has 1 N–H and O–H groups in total. The minimum Gasteiger partial charge on any atom is -0.478 e. The Bertz CT molecular complexity index is 808. The zero-order valence-electron chi connectivity index (χ0n) is 12.1. The third-order valence-electron chi connectivity index (χ3n) is 3.17. The SMILES string of the molecule is COc1nn(Cc2cc(C(F)(F)F)ccc2C(=O)O)c(=O)n1C. The summed E-state index contributed by atoms with van der Waals surface area (Å²) < 4.78 is 45.1. The highest BCUT2D eigenvalue weighted by atomic mass is 19.4. The monoisotopic (exact) mass is 331 g/mol. The van der Waals surface area contributed by atoms with Crippen molar-refractivity contribution in [3.05, 3.63) is 45.4 Å². The van der Waals surface area contributed by atoms with Crippen molar-refractivity contribution < 1.29 is 27.8 Å². The number of carbonyl (C=O) groups is 1. The quantitative estimate of drug-likeness (QED) is 0.914. The van der Waals surface area contributed by atoms with Crippen LogP contribution >= 0.6 is 0 Å². The maximum absolute atomic E-state index is 12.8. The molecule has 0 unspecified atom stereocenters. The van der Waals surface area contributed by atoms with Crippen molar-refractivity contribution in [3.63, 3.8) is 0 Å². The molecule has 23 heavy (non-hydrogen) atoms. The van der Waals surface area contributed by atoms with Gasteiger partial charge in [-0.1, -0.05) is 0 Å². The first-order chi connectivity index (χ1) is 10.6. The van der Waals surface area contributed by atoms with Gasteiger partial charge < -0.3 is 9.84 Å². The number of carboxylic acids is 1. The van der Waals surface area contributed by atoms with E-state index in [0.717, 1.165) is 15.3 Å². The van der Waals surface area contributed by atoms with Crippen LogP contribution in [0.1, 0.15) is 21.5 Å². The Labute approximate surface area is 127 Å². The molecule has 2 aromatic rings. The topological polar surface area (TPSA) is 86.4 Å². The molecule has 0 saturated heterocycles. The van der Waals surface area contributed by atoms with Gasteiger partial charge in [0.05, 0.1) is 24.8 Å². The summed E-state index contributed by atoms with van der Waals surface area (Å²) in [6.45, 7) is -0.429. The van der Waals surface area contributed by atoms with Crippen molar-refractivity contribution in [2.75, 3.05) is 7.11 Å². The molecule has 0 fully saturated rings. The maximum Gasteiger partial charge on any atom is 0.416 e. The largest absolute Gasteiger partial charge is 0.478 e. The molecule has 0 atom stereocenters. The van der Waals surface area contributed by atoms with E-state index >= 15 is 0 Å². The molecule has 0 amide bonds. The molecule has 2 rings (SSSR count). The summed E-state index contributed by atoms with van der Waals surface area (Å²) >= 11 is 0. The number of aromatic carboxylic acids is 1. The van der Waals surface area contributed by atoms with E-state index in [1.165, 1.54) is 14.2 Å². The first-order valence-corrected chi connectivity index (χ1v) is 6.26. The molecule has 1 heterocycles. The number of ether oxygens (including phenoxy) is 1. The Hall–Kier alpha value is -2.78. The lowest BCUT2D eigenvalue weighted by Gasteiger charge is -2.11. The Morgan fingerprint density at radius 1 is 1.39 bits per heavy atom. The zero-order valence-corrected chi connectivity index (χ0v) is 12.1. The van der Waals surface area contributed by atoms with E-state index in [-0.39, 0.29) is 17.1 Å². The highest BCUT2D eigenvalue weighted by molar-refractivity contribution is 5.89.